The van der Waals surface area contributed by atoms with E-state index in [4.69, 9.17) is 14.9 Å². The van der Waals surface area contributed by atoms with E-state index in [2.05, 4.69) is 22.1 Å². The van der Waals surface area contributed by atoms with E-state index in [9.17, 15) is 14.4 Å². The van der Waals surface area contributed by atoms with Crippen LogP contribution in [0.25, 0.3) is 0 Å². The summed E-state index contributed by atoms with van der Waals surface area (Å²) in [6.45, 7) is 3.02. The van der Waals surface area contributed by atoms with Gasteiger partial charge in [0.15, 0.2) is 6.26 Å². The first-order valence-electron chi connectivity index (χ1n) is 5.87. The van der Waals surface area contributed by atoms with Crippen LogP contribution in [0.1, 0.15) is 31.1 Å². The molecule has 0 atom stereocenters. The molecule has 0 aliphatic carbocycles. The highest BCUT2D eigenvalue weighted by molar-refractivity contribution is 6.03. The highest BCUT2D eigenvalue weighted by Crippen LogP contribution is 2.13. The number of carbonyl (C=O) groups excluding carboxylic acids is 1. The first-order valence-corrected chi connectivity index (χ1v) is 5.87. The van der Waals surface area contributed by atoms with Gasteiger partial charge in [-0.05, 0) is 18.2 Å². The molecule has 8 nitrogen and oxygen atoms in total. The molecule has 0 saturated heterocycles. The molecule has 0 radical (unpaired) electrons. The standard InChI is InChI=1S/C14H12O8/c1-2-5-21-22-7-6-20-14(19)9-3-4-10(12(15)16)11(8-9)13(17)18/h3-5,8H,1,6-7H2,(H,15,16)(H,17,18). The molecule has 0 aliphatic rings. The van der Waals surface area contributed by atoms with Crippen LogP contribution in [0.15, 0.2) is 36.8 Å². The Labute approximate surface area is 124 Å². The Morgan fingerprint density at radius 2 is 1.82 bits per heavy atom. The van der Waals surface area contributed by atoms with Crippen molar-refractivity contribution in [1.82, 2.24) is 0 Å². The number of rotatable bonds is 8. The van der Waals surface area contributed by atoms with Crippen molar-refractivity contribution in [2.24, 2.45) is 0 Å². The maximum Gasteiger partial charge on any atom is 0.338 e. The number of aromatic carboxylic acids is 2. The molecular weight excluding hydrogens is 296 g/mol. The number of carbonyl (C=O) groups is 3. The number of benzene rings is 1. The molecule has 0 unspecified atom stereocenters. The maximum atomic E-state index is 11.7. The molecule has 1 aromatic rings. The van der Waals surface area contributed by atoms with Gasteiger partial charge in [0, 0.05) is 0 Å². The fourth-order valence-electron chi connectivity index (χ4n) is 1.40. The molecule has 1 rings (SSSR count). The molecule has 116 valence electrons. The number of ether oxygens (including phenoxy) is 1. The third-order valence-corrected chi connectivity index (χ3v) is 2.32. The topological polar surface area (TPSA) is 119 Å². The lowest BCUT2D eigenvalue weighted by molar-refractivity contribution is -0.252. The molecule has 0 aromatic heterocycles. The molecule has 1 aromatic carbocycles. The second-order valence-corrected chi connectivity index (χ2v) is 3.75. The van der Waals surface area contributed by atoms with Crippen LogP contribution in [-0.4, -0.2) is 41.3 Å². The Hall–Kier alpha value is -3.09. The molecule has 0 amide bonds. The van der Waals surface area contributed by atoms with E-state index in [0.717, 1.165) is 24.5 Å². The van der Waals surface area contributed by atoms with E-state index in [1.165, 1.54) is 0 Å². The van der Waals surface area contributed by atoms with Crippen molar-refractivity contribution in [1.29, 1.82) is 0 Å². The van der Waals surface area contributed by atoms with Crippen LogP contribution in [0, 0.1) is 0 Å². The van der Waals surface area contributed by atoms with Crippen LogP contribution in [0.4, 0.5) is 0 Å². The molecular formula is C14H12O8. The molecule has 0 fully saturated rings. The molecule has 8 heteroatoms. The summed E-state index contributed by atoms with van der Waals surface area (Å²) in [7, 11) is 0. The molecule has 2 N–H and O–H groups in total. The SMILES string of the molecule is C=C=COOCCOC(=O)c1ccc(C(=O)O)c(C(=O)O)c1. The minimum Gasteiger partial charge on any atom is -0.478 e. The van der Waals surface area contributed by atoms with Crippen LogP contribution in [0.3, 0.4) is 0 Å². The zero-order valence-corrected chi connectivity index (χ0v) is 11.3. The first-order chi connectivity index (χ1) is 10.5. The van der Waals surface area contributed by atoms with Crippen molar-refractivity contribution >= 4 is 17.9 Å². The third kappa shape index (κ3) is 4.78. The van der Waals surface area contributed by atoms with Crippen LogP contribution < -0.4 is 0 Å². The second-order valence-electron chi connectivity index (χ2n) is 3.75. The summed E-state index contributed by atoms with van der Waals surface area (Å²) in [5.41, 5.74) is 1.28. The summed E-state index contributed by atoms with van der Waals surface area (Å²) in [4.78, 5) is 42.6. The van der Waals surface area contributed by atoms with Crippen molar-refractivity contribution in [3.63, 3.8) is 0 Å². The van der Waals surface area contributed by atoms with E-state index < -0.39 is 29.0 Å². The molecule has 22 heavy (non-hydrogen) atoms. The van der Waals surface area contributed by atoms with Gasteiger partial charge in [0.05, 0.1) is 16.7 Å². The normalized spacial score (nSPS) is 9.45. The summed E-state index contributed by atoms with van der Waals surface area (Å²) in [5, 5.41) is 17.8. The predicted octanol–water partition coefficient (Wildman–Crippen LogP) is 1.49. The Morgan fingerprint density at radius 3 is 2.41 bits per heavy atom. The summed E-state index contributed by atoms with van der Waals surface area (Å²) in [6.07, 6.45) is 1.06. The largest absolute Gasteiger partial charge is 0.478 e. The fraction of sp³-hybridized carbons (Fsp3) is 0.143. The van der Waals surface area contributed by atoms with Gasteiger partial charge in [-0.1, -0.05) is 12.3 Å². The van der Waals surface area contributed by atoms with Gasteiger partial charge in [0.2, 0.25) is 0 Å². The molecule has 0 saturated carbocycles. The quantitative estimate of drug-likeness (QED) is 0.185. The van der Waals surface area contributed by atoms with Gasteiger partial charge < -0.3 is 19.8 Å². The van der Waals surface area contributed by atoms with Gasteiger partial charge in [-0.2, -0.15) is 4.89 Å². The highest BCUT2D eigenvalue weighted by Gasteiger charge is 2.19. The molecule has 0 aliphatic heterocycles. The minimum atomic E-state index is -1.46. The summed E-state index contributed by atoms with van der Waals surface area (Å²) < 4.78 is 4.81. The van der Waals surface area contributed by atoms with E-state index in [0.29, 0.717) is 0 Å². The fourth-order valence-corrected chi connectivity index (χ4v) is 1.40. The average molecular weight is 308 g/mol. The highest BCUT2D eigenvalue weighted by atomic mass is 17.2. The van der Waals surface area contributed by atoms with Gasteiger partial charge in [0.1, 0.15) is 13.2 Å². The van der Waals surface area contributed by atoms with Gasteiger partial charge in [-0.3, -0.25) is 0 Å². The Morgan fingerprint density at radius 1 is 1.14 bits per heavy atom. The number of carboxylic acid groups (broad SMARTS) is 2. The Bertz CT molecular complexity index is 628. The minimum absolute atomic E-state index is 0.0666. The summed E-state index contributed by atoms with van der Waals surface area (Å²) in [6, 6.07) is 3.12. The number of carboxylic acids is 2. The van der Waals surface area contributed by atoms with E-state index in [-0.39, 0.29) is 18.8 Å². The second kappa shape index (κ2) is 8.25. The Balaban J connectivity index is 2.70. The van der Waals surface area contributed by atoms with Crippen molar-refractivity contribution in [2.75, 3.05) is 13.2 Å². The van der Waals surface area contributed by atoms with Crippen molar-refractivity contribution in [3.05, 3.63) is 53.5 Å². The van der Waals surface area contributed by atoms with Crippen molar-refractivity contribution < 1.29 is 39.1 Å². The summed E-state index contributed by atoms with van der Waals surface area (Å²) in [5.74, 6) is -3.68. The Kier molecular flexibility index (Phi) is 6.36. The smallest absolute Gasteiger partial charge is 0.338 e. The predicted molar refractivity (Wildman–Crippen MR) is 71.4 cm³/mol. The molecule has 0 bridgehead atoms. The number of hydrogen-bond acceptors (Lipinski definition) is 6. The van der Waals surface area contributed by atoms with Crippen LogP contribution in [-0.2, 0) is 14.5 Å². The average Bonchev–Trinajstić information content (AvgIpc) is 2.49. The third-order valence-electron chi connectivity index (χ3n) is 2.32. The zero-order valence-electron chi connectivity index (χ0n) is 11.3. The maximum absolute atomic E-state index is 11.7. The monoisotopic (exact) mass is 308 g/mol. The lowest BCUT2D eigenvalue weighted by Crippen LogP contribution is -2.13. The van der Waals surface area contributed by atoms with Crippen LogP contribution >= 0.6 is 0 Å². The zero-order chi connectivity index (χ0) is 16.5. The van der Waals surface area contributed by atoms with Gasteiger partial charge >= 0.3 is 17.9 Å². The number of esters is 1. The van der Waals surface area contributed by atoms with Gasteiger partial charge in [-0.25, -0.2) is 14.4 Å². The first kappa shape index (κ1) is 17.0. The van der Waals surface area contributed by atoms with Crippen LogP contribution in [0.5, 0.6) is 0 Å². The van der Waals surface area contributed by atoms with Crippen molar-refractivity contribution in [2.45, 2.75) is 0 Å². The van der Waals surface area contributed by atoms with Gasteiger partial charge in [-0.15, -0.1) is 0 Å². The number of hydrogen-bond donors (Lipinski definition) is 2. The lowest BCUT2D eigenvalue weighted by atomic mass is 10.0. The lowest BCUT2D eigenvalue weighted by Gasteiger charge is -2.07. The van der Waals surface area contributed by atoms with E-state index >= 15 is 0 Å². The van der Waals surface area contributed by atoms with Gasteiger partial charge in [0.25, 0.3) is 0 Å². The molecule has 0 heterocycles. The molecule has 0 spiro atoms. The summed E-state index contributed by atoms with van der Waals surface area (Å²) >= 11 is 0. The van der Waals surface area contributed by atoms with E-state index in [1.807, 2.05) is 0 Å². The van der Waals surface area contributed by atoms with E-state index in [1.54, 1.807) is 0 Å². The van der Waals surface area contributed by atoms with Crippen molar-refractivity contribution in [3.8, 4) is 0 Å². The van der Waals surface area contributed by atoms with Crippen LogP contribution in [0.2, 0.25) is 0 Å².